The molecule has 0 bridgehead atoms. The monoisotopic (exact) mass is 357 g/mol. The largest absolute Gasteiger partial charge is 0.493 e. The molecular weight excluding hydrogens is 326 g/mol. The van der Waals surface area contributed by atoms with Gasteiger partial charge in [0.05, 0.1) is 13.0 Å². The van der Waals surface area contributed by atoms with Gasteiger partial charge in [-0.15, -0.1) is 0 Å². The second kappa shape index (κ2) is 8.70. The second-order valence-electron chi connectivity index (χ2n) is 8.14. The zero-order valence-corrected chi connectivity index (χ0v) is 16.1. The highest BCUT2D eigenvalue weighted by atomic mass is 16.5. The average Bonchev–Trinajstić information content (AvgIpc) is 3.11. The van der Waals surface area contributed by atoms with Crippen LogP contribution in [0.2, 0.25) is 0 Å². The molecular formula is C22H31NO3. The van der Waals surface area contributed by atoms with Gasteiger partial charge in [0.1, 0.15) is 11.5 Å². The van der Waals surface area contributed by atoms with Crippen molar-refractivity contribution in [2.75, 3.05) is 13.2 Å². The lowest BCUT2D eigenvalue weighted by atomic mass is 9.81. The minimum Gasteiger partial charge on any atom is -0.493 e. The Bertz CT molecular complexity index is 623. The van der Waals surface area contributed by atoms with Crippen molar-refractivity contribution < 1.29 is 14.3 Å². The van der Waals surface area contributed by atoms with Crippen LogP contribution in [0.3, 0.4) is 0 Å². The lowest BCUT2D eigenvalue weighted by Gasteiger charge is -2.33. The second-order valence-corrected chi connectivity index (χ2v) is 8.14. The molecule has 0 spiro atoms. The van der Waals surface area contributed by atoms with Crippen molar-refractivity contribution in [3.8, 4) is 5.75 Å². The van der Waals surface area contributed by atoms with Crippen LogP contribution < -0.4 is 4.74 Å². The van der Waals surface area contributed by atoms with Crippen molar-refractivity contribution in [2.24, 2.45) is 11.8 Å². The van der Waals surface area contributed by atoms with Crippen LogP contribution in [-0.4, -0.2) is 35.8 Å². The third-order valence-corrected chi connectivity index (χ3v) is 5.55. The normalized spacial score (nSPS) is 23.5. The molecule has 3 rings (SSSR count). The molecule has 2 aliphatic rings. The first-order chi connectivity index (χ1) is 12.5. The highest BCUT2D eigenvalue weighted by Crippen LogP contribution is 2.32. The lowest BCUT2D eigenvalue weighted by molar-refractivity contribution is -0.135. The van der Waals surface area contributed by atoms with Crippen LogP contribution in [0.5, 0.6) is 5.75 Å². The quantitative estimate of drug-likeness (QED) is 0.773. The SMILES string of the molecule is CC(C)COc1ccc(CC(=O)N2CCC[C@@H]2[C@@H]2CCCCC2=O)cc1. The van der Waals surface area contributed by atoms with Crippen molar-refractivity contribution in [3.63, 3.8) is 0 Å². The van der Waals surface area contributed by atoms with Crippen LogP contribution in [0.15, 0.2) is 24.3 Å². The molecule has 26 heavy (non-hydrogen) atoms. The fraction of sp³-hybridized carbons (Fsp3) is 0.636. The number of rotatable bonds is 6. The molecule has 0 N–H and O–H groups in total. The van der Waals surface area contributed by atoms with Crippen molar-refractivity contribution in [2.45, 2.75) is 64.8 Å². The van der Waals surface area contributed by atoms with E-state index in [1.54, 1.807) is 0 Å². The maximum Gasteiger partial charge on any atom is 0.227 e. The number of carbonyl (C=O) groups is 2. The Morgan fingerprint density at radius 2 is 1.92 bits per heavy atom. The molecule has 1 saturated carbocycles. The van der Waals surface area contributed by atoms with Gasteiger partial charge < -0.3 is 9.64 Å². The molecule has 1 aliphatic carbocycles. The molecule has 0 radical (unpaired) electrons. The summed E-state index contributed by atoms with van der Waals surface area (Å²) >= 11 is 0. The van der Waals surface area contributed by atoms with Crippen LogP contribution >= 0.6 is 0 Å². The summed E-state index contributed by atoms with van der Waals surface area (Å²) in [6.07, 6.45) is 6.18. The molecule has 2 fully saturated rings. The molecule has 1 aromatic carbocycles. The van der Waals surface area contributed by atoms with Crippen LogP contribution in [0.4, 0.5) is 0 Å². The maximum atomic E-state index is 12.9. The number of hydrogen-bond donors (Lipinski definition) is 0. The lowest BCUT2D eigenvalue weighted by Crippen LogP contribution is -2.44. The molecule has 142 valence electrons. The number of Topliss-reactive ketones (excluding diaryl/α,β-unsaturated/α-hetero) is 1. The van der Waals surface area contributed by atoms with E-state index >= 15 is 0 Å². The molecule has 4 nitrogen and oxygen atoms in total. The van der Waals surface area contributed by atoms with Crippen molar-refractivity contribution in [1.29, 1.82) is 0 Å². The first kappa shape index (κ1) is 18.9. The van der Waals surface area contributed by atoms with Gasteiger partial charge in [-0.3, -0.25) is 9.59 Å². The summed E-state index contributed by atoms with van der Waals surface area (Å²) in [7, 11) is 0. The van der Waals surface area contributed by atoms with Crippen LogP contribution in [0.1, 0.15) is 57.9 Å². The molecule has 1 saturated heterocycles. The first-order valence-electron chi connectivity index (χ1n) is 10.1. The highest BCUT2D eigenvalue weighted by molar-refractivity contribution is 5.84. The topological polar surface area (TPSA) is 46.6 Å². The molecule has 1 aromatic rings. The third kappa shape index (κ3) is 4.66. The summed E-state index contributed by atoms with van der Waals surface area (Å²) in [5, 5.41) is 0. The average molecular weight is 357 g/mol. The molecule has 0 unspecified atom stereocenters. The van der Waals surface area contributed by atoms with Crippen molar-refractivity contribution in [1.82, 2.24) is 4.90 Å². The summed E-state index contributed by atoms with van der Waals surface area (Å²) in [4.78, 5) is 27.1. The number of carbonyl (C=O) groups excluding carboxylic acids is 2. The summed E-state index contributed by atoms with van der Waals surface area (Å²) in [6.45, 7) is 5.74. The van der Waals surface area contributed by atoms with Gasteiger partial charge in [-0.25, -0.2) is 0 Å². The molecule has 1 aliphatic heterocycles. The molecule has 4 heteroatoms. The third-order valence-electron chi connectivity index (χ3n) is 5.55. The zero-order valence-electron chi connectivity index (χ0n) is 16.1. The van der Waals surface area contributed by atoms with Gasteiger partial charge in [-0.05, 0) is 49.3 Å². The van der Waals surface area contributed by atoms with Gasteiger partial charge in [0.25, 0.3) is 0 Å². The van der Waals surface area contributed by atoms with Gasteiger partial charge >= 0.3 is 0 Å². The smallest absolute Gasteiger partial charge is 0.227 e. The number of nitrogens with zero attached hydrogens (tertiary/aromatic N) is 1. The summed E-state index contributed by atoms with van der Waals surface area (Å²) in [5.74, 6) is 1.93. The predicted molar refractivity (Wildman–Crippen MR) is 102 cm³/mol. The first-order valence-corrected chi connectivity index (χ1v) is 10.1. The maximum absolute atomic E-state index is 12.9. The Kier molecular flexibility index (Phi) is 6.33. The zero-order chi connectivity index (χ0) is 18.5. The van der Waals surface area contributed by atoms with E-state index in [4.69, 9.17) is 4.74 Å². The molecule has 2 atom stereocenters. The highest BCUT2D eigenvalue weighted by Gasteiger charge is 2.38. The van der Waals surface area contributed by atoms with Crippen LogP contribution in [-0.2, 0) is 16.0 Å². The number of likely N-dealkylation sites (tertiary alicyclic amines) is 1. The molecule has 0 aromatic heterocycles. The number of benzene rings is 1. The number of ketones is 1. The van der Waals surface area contributed by atoms with Gasteiger partial charge in [0, 0.05) is 24.9 Å². The van der Waals surface area contributed by atoms with E-state index in [1.807, 2.05) is 29.2 Å². The Hall–Kier alpha value is -1.84. The van der Waals surface area contributed by atoms with Crippen LogP contribution in [0.25, 0.3) is 0 Å². The Morgan fingerprint density at radius 3 is 2.62 bits per heavy atom. The van der Waals surface area contributed by atoms with Crippen LogP contribution in [0, 0.1) is 11.8 Å². The Balaban J connectivity index is 1.59. The van der Waals surface area contributed by atoms with Gasteiger partial charge in [-0.2, -0.15) is 0 Å². The summed E-state index contributed by atoms with van der Waals surface area (Å²) < 4.78 is 5.70. The minimum atomic E-state index is 0.0713. The minimum absolute atomic E-state index is 0.0713. The van der Waals surface area contributed by atoms with E-state index in [2.05, 4.69) is 13.8 Å². The van der Waals surface area contributed by atoms with Gasteiger partial charge in [0.15, 0.2) is 0 Å². The van der Waals surface area contributed by atoms with E-state index in [0.29, 0.717) is 31.1 Å². The summed E-state index contributed by atoms with van der Waals surface area (Å²) in [6, 6.07) is 7.97. The fourth-order valence-electron chi connectivity index (χ4n) is 4.18. The number of amides is 1. The number of hydrogen-bond acceptors (Lipinski definition) is 3. The van der Waals surface area contributed by atoms with Gasteiger partial charge in [-0.1, -0.05) is 32.4 Å². The van der Waals surface area contributed by atoms with E-state index in [9.17, 15) is 9.59 Å². The van der Waals surface area contributed by atoms with E-state index in [-0.39, 0.29) is 17.9 Å². The Morgan fingerprint density at radius 1 is 1.15 bits per heavy atom. The van der Waals surface area contributed by atoms with Crippen molar-refractivity contribution in [3.05, 3.63) is 29.8 Å². The van der Waals surface area contributed by atoms with E-state index in [1.165, 1.54) is 0 Å². The predicted octanol–water partition coefficient (Wildman–Crippen LogP) is 4.01. The molecule has 1 heterocycles. The summed E-state index contributed by atoms with van der Waals surface area (Å²) in [5.41, 5.74) is 1.01. The van der Waals surface area contributed by atoms with Gasteiger partial charge in [0.2, 0.25) is 5.91 Å². The fourth-order valence-corrected chi connectivity index (χ4v) is 4.18. The van der Waals surface area contributed by atoms with E-state index < -0.39 is 0 Å². The number of ether oxygens (including phenoxy) is 1. The molecule has 1 amide bonds. The van der Waals surface area contributed by atoms with Crippen molar-refractivity contribution >= 4 is 11.7 Å². The van der Waals surface area contributed by atoms with E-state index in [0.717, 1.165) is 50.0 Å². The Labute approximate surface area is 156 Å². The standard InChI is InChI=1S/C22H31NO3/c1-16(2)15-26-18-11-9-17(10-12-18)14-22(25)23-13-5-7-20(23)19-6-3-4-8-21(19)24/h9-12,16,19-20H,3-8,13-15H2,1-2H3/t19-,20+/m0/s1.